The third-order valence-corrected chi connectivity index (χ3v) is 3.42. The molecule has 1 fully saturated rings. The van der Waals surface area contributed by atoms with Gasteiger partial charge in [-0.2, -0.15) is 5.10 Å². The van der Waals surface area contributed by atoms with Crippen molar-refractivity contribution < 1.29 is 4.74 Å². The van der Waals surface area contributed by atoms with Gasteiger partial charge in [0, 0.05) is 18.5 Å². The van der Waals surface area contributed by atoms with E-state index in [9.17, 15) is 0 Å². The zero-order valence-electron chi connectivity index (χ0n) is 8.66. The molecule has 2 heterocycles. The molecule has 84 valence electrons. The highest BCUT2D eigenvalue weighted by Crippen LogP contribution is 2.30. The summed E-state index contributed by atoms with van der Waals surface area (Å²) in [6.45, 7) is 2.55. The Labute approximate surface area is 101 Å². The zero-order valence-corrected chi connectivity index (χ0v) is 10.3. The van der Waals surface area contributed by atoms with Crippen LogP contribution in [0.4, 0.5) is 0 Å². The molecule has 3 rings (SSSR count). The summed E-state index contributed by atoms with van der Waals surface area (Å²) < 4.78 is 6.69. The van der Waals surface area contributed by atoms with Gasteiger partial charge in [0.25, 0.3) is 0 Å². The summed E-state index contributed by atoms with van der Waals surface area (Å²) in [5, 5.41) is 11.6. The molecule has 1 aliphatic rings. The van der Waals surface area contributed by atoms with Crippen molar-refractivity contribution in [1.82, 2.24) is 15.5 Å². The van der Waals surface area contributed by atoms with Crippen LogP contribution >= 0.6 is 15.9 Å². The van der Waals surface area contributed by atoms with Gasteiger partial charge in [0.15, 0.2) is 0 Å². The van der Waals surface area contributed by atoms with Crippen LogP contribution in [0.5, 0.6) is 0 Å². The molecule has 5 heteroatoms. The summed E-state index contributed by atoms with van der Waals surface area (Å²) in [4.78, 5) is 0. The Hall–Kier alpha value is -0.910. The standard InChI is InChI=1S/C11H12BrN3O/c12-11-10-7(9-6-13-4-5-16-9)2-1-3-8(10)14-15-11/h1-3,9,13H,4-6H2,(H,14,15). The van der Waals surface area contributed by atoms with Crippen LogP contribution in [0.25, 0.3) is 10.9 Å². The number of H-pyrrole nitrogens is 1. The molecule has 1 saturated heterocycles. The van der Waals surface area contributed by atoms with Crippen molar-refractivity contribution in [2.75, 3.05) is 19.7 Å². The van der Waals surface area contributed by atoms with E-state index in [2.05, 4.69) is 37.5 Å². The highest BCUT2D eigenvalue weighted by Gasteiger charge is 2.19. The van der Waals surface area contributed by atoms with Gasteiger partial charge in [-0.05, 0) is 27.6 Å². The number of rotatable bonds is 1. The van der Waals surface area contributed by atoms with Crippen LogP contribution in [0.15, 0.2) is 22.8 Å². The number of fused-ring (bicyclic) bond motifs is 1. The molecule has 0 radical (unpaired) electrons. The highest BCUT2D eigenvalue weighted by molar-refractivity contribution is 9.10. The monoisotopic (exact) mass is 281 g/mol. The van der Waals surface area contributed by atoms with Gasteiger partial charge < -0.3 is 10.1 Å². The molecule has 4 nitrogen and oxygen atoms in total. The average Bonchev–Trinajstić information content (AvgIpc) is 2.73. The molecule has 16 heavy (non-hydrogen) atoms. The number of ether oxygens (including phenoxy) is 1. The van der Waals surface area contributed by atoms with Crippen LogP contribution in [-0.4, -0.2) is 29.9 Å². The maximum Gasteiger partial charge on any atom is 0.109 e. The summed E-state index contributed by atoms with van der Waals surface area (Å²) in [6, 6.07) is 6.11. The maximum absolute atomic E-state index is 5.77. The van der Waals surface area contributed by atoms with Crippen LogP contribution < -0.4 is 5.32 Å². The Morgan fingerprint density at radius 3 is 3.19 bits per heavy atom. The minimum atomic E-state index is 0.117. The lowest BCUT2D eigenvalue weighted by Gasteiger charge is -2.24. The second-order valence-corrected chi connectivity index (χ2v) is 4.64. The fourth-order valence-corrected chi connectivity index (χ4v) is 2.61. The fourth-order valence-electron chi connectivity index (χ4n) is 2.09. The number of hydrogen-bond donors (Lipinski definition) is 2. The highest BCUT2D eigenvalue weighted by atomic mass is 79.9. The van der Waals surface area contributed by atoms with E-state index in [1.807, 2.05) is 12.1 Å². The molecule has 2 N–H and O–H groups in total. The number of nitrogens with one attached hydrogen (secondary N) is 2. The molecule has 0 spiro atoms. The van der Waals surface area contributed by atoms with E-state index in [0.29, 0.717) is 0 Å². The third-order valence-electron chi connectivity index (χ3n) is 2.84. The minimum absolute atomic E-state index is 0.117. The molecule has 2 aromatic rings. The second kappa shape index (κ2) is 4.16. The average molecular weight is 282 g/mol. The van der Waals surface area contributed by atoms with Crippen molar-refractivity contribution in [3.63, 3.8) is 0 Å². The van der Waals surface area contributed by atoms with E-state index in [0.717, 1.165) is 35.2 Å². The summed E-state index contributed by atoms with van der Waals surface area (Å²) in [5.41, 5.74) is 2.16. The quantitative estimate of drug-likeness (QED) is 0.841. The first-order chi connectivity index (χ1) is 7.86. The largest absolute Gasteiger partial charge is 0.371 e. The SMILES string of the molecule is Brc1[nH]nc2cccc(C3CNCCO3)c12. The minimum Gasteiger partial charge on any atom is -0.371 e. The predicted molar refractivity (Wildman–Crippen MR) is 65.4 cm³/mol. The molecule has 0 amide bonds. The van der Waals surface area contributed by atoms with Gasteiger partial charge in [0.1, 0.15) is 4.60 Å². The van der Waals surface area contributed by atoms with E-state index in [1.54, 1.807) is 0 Å². The van der Waals surface area contributed by atoms with E-state index in [-0.39, 0.29) is 6.10 Å². The number of aromatic nitrogens is 2. The Kier molecular flexibility index (Phi) is 2.67. The Morgan fingerprint density at radius 1 is 1.44 bits per heavy atom. The number of hydrogen-bond acceptors (Lipinski definition) is 3. The zero-order chi connectivity index (χ0) is 11.0. The topological polar surface area (TPSA) is 49.9 Å². The molecule has 0 saturated carbocycles. The number of aromatic amines is 1. The summed E-state index contributed by atoms with van der Waals surface area (Å²) >= 11 is 3.49. The number of benzene rings is 1. The van der Waals surface area contributed by atoms with Crippen molar-refractivity contribution in [2.45, 2.75) is 6.10 Å². The summed E-state index contributed by atoms with van der Waals surface area (Å²) in [7, 11) is 0. The Balaban J connectivity index is 2.10. The molecular formula is C11H12BrN3O. The molecule has 1 aromatic heterocycles. The predicted octanol–water partition coefficient (Wildman–Crippen LogP) is 1.99. The third kappa shape index (κ3) is 1.65. The van der Waals surface area contributed by atoms with Gasteiger partial charge in [-0.3, -0.25) is 5.10 Å². The van der Waals surface area contributed by atoms with E-state index in [4.69, 9.17) is 4.74 Å². The van der Waals surface area contributed by atoms with Crippen LogP contribution in [0, 0.1) is 0 Å². The van der Waals surface area contributed by atoms with Gasteiger partial charge in [0.2, 0.25) is 0 Å². The van der Waals surface area contributed by atoms with Crippen molar-refractivity contribution in [1.29, 1.82) is 0 Å². The van der Waals surface area contributed by atoms with Gasteiger partial charge >= 0.3 is 0 Å². The molecule has 1 aromatic carbocycles. The smallest absolute Gasteiger partial charge is 0.109 e. The lowest BCUT2D eigenvalue weighted by atomic mass is 10.0. The molecule has 0 aliphatic carbocycles. The maximum atomic E-state index is 5.77. The summed E-state index contributed by atoms with van der Waals surface area (Å²) in [6.07, 6.45) is 0.117. The first-order valence-electron chi connectivity index (χ1n) is 5.31. The van der Waals surface area contributed by atoms with Gasteiger partial charge in [-0.25, -0.2) is 0 Å². The number of morpholine rings is 1. The Morgan fingerprint density at radius 2 is 2.38 bits per heavy atom. The Bertz CT molecular complexity index is 505. The number of nitrogens with zero attached hydrogens (tertiary/aromatic N) is 1. The molecule has 1 aliphatic heterocycles. The molecular weight excluding hydrogens is 270 g/mol. The normalized spacial score (nSPS) is 21.4. The van der Waals surface area contributed by atoms with Gasteiger partial charge in [-0.15, -0.1) is 0 Å². The van der Waals surface area contributed by atoms with Crippen molar-refractivity contribution in [3.05, 3.63) is 28.4 Å². The second-order valence-electron chi connectivity index (χ2n) is 3.84. The van der Waals surface area contributed by atoms with E-state index < -0.39 is 0 Å². The first-order valence-corrected chi connectivity index (χ1v) is 6.10. The van der Waals surface area contributed by atoms with Crippen molar-refractivity contribution in [3.8, 4) is 0 Å². The van der Waals surface area contributed by atoms with Crippen molar-refractivity contribution in [2.24, 2.45) is 0 Å². The lowest BCUT2D eigenvalue weighted by Crippen LogP contribution is -2.33. The summed E-state index contributed by atoms with van der Waals surface area (Å²) in [5.74, 6) is 0. The first kappa shape index (κ1) is 10.3. The van der Waals surface area contributed by atoms with Crippen LogP contribution in [0.2, 0.25) is 0 Å². The van der Waals surface area contributed by atoms with Crippen LogP contribution in [-0.2, 0) is 4.74 Å². The van der Waals surface area contributed by atoms with E-state index in [1.165, 1.54) is 5.56 Å². The van der Waals surface area contributed by atoms with Crippen LogP contribution in [0.3, 0.4) is 0 Å². The van der Waals surface area contributed by atoms with Crippen molar-refractivity contribution >= 4 is 26.8 Å². The lowest BCUT2D eigenvalue weighted by molar-refractivity contribution is 0.0286. The molecule has 1 atom stereocenters. The number of halogens is 1. The van der Waals surface area contributed by atoms with E-state index >= 15 is 0 Å². The molecule has 1 unspecified atom stereocenters. The molecule has 0 bridgehead atoms. The van der Waals surface area contributed by atoms with Crippen LogP contribution in [0.1, 0.15) is 11.7 Å². The van der Waals surface area contributed by atoms with Gasteiger partial charge in [-0.1, -0.05) is 12.1 Å². The van der Waals surface area contributed by atoms with Gasteiger partial charge in [0.05, 0.1) is 18.2 Å². The fraction of sp³-hybridized carbons (Fsp3) is 0.364.